The van der Waals surface area contributed by atoms with Crippen molar-refractivity contribution in [2.24, 2.45) is 0 Å². The van der Waals surface area contributed by atoms with E-state index in [9.17, 15) is 0 Å². The topological polar surface area (TPSA) is 24.1 Å². The van der Waals surface area contributed by atoms with Gasteiger partial charge in [0.15, 0.2) is 0 Å². The molecule has 84 valence electrons. The summed E-state index contributed by atoms with van der Waals surface area (Å²) >= 11 is 0. The van der Waals surface area contributed by atoms with Crippen molar-refractivity contribution in [2.45, 2.75) is 64.5 Å². The van der Waals surface area contributed by atoms with Crippen LogP contribution in [-0.2, 0) is 0 Å². The molecular weight excluding hydrogens is 172 g/mol. The highest BCUT2D eigenvalue weighted by Gasteiger charge is 2.30. The van der Waals surface area contributed by atoms with Crippen molar-refractivity contribution in [3.63, 3.8) is 0 Å². The van der Waals surface area contributed by atoms with Crippen molar-refractivity contribution in [2.75, 3.05) is 13.1 Å². The summed E-state index contributed by atoms with van der Waals surface area (Å²) in [6.07, 6.45) is 5.36. The minimum atomic E-state index is 0.264. The van der Waals surface area contributed by atoms with E-state index in [0.717, 1.165) is 13.1 Å². The molecule has 0 atom stereocenters. The molecule has 2 nitrogen and oxygen atoms in total. The molecule has 0 bridgehead atoms. The maximum atomic E-state index is 3.64. The maximum Gasteiger partial charge on any atom is 0.0153 e. The zero-order valence-corrected chi connectivity index (χ0v) is 10.2. The molecule has 1 saturated carbocycles. The van der Waals surface area contributed by atoms with Crippen LogP contribution in [0.15, 0.2) is 0 Å². The maximum absolute atomic E-state index is 3.64. The van der Waals surface area contributed by atoms with Crippen LogP contribution in [0.2, 0.25) is 0 Å². The van der Waals surface area contributed by atoms with E-state index >= 15 is 0 Å². The average molecular weight is 198 g/mol. The van der Waals surface area contributed by atoms with E-state index in [1.807, 2.05) is 0 Å². The van der Waals surface area contributed by atoms with E-state index in [1.165, 1.54) is 25.7 Å². The van der Waals surface area contributed by atoms with Crippen LogP contribution < -0.4 is 10.6 Å². The van der Waals surface area contributed by atoms with Gasteiger partial charge < -0.3 is 10.6 Å². The van der Waals surface area contributed by atoms with E-state index in [2.05, 4.69) is 38.3 Å². The SMILES string of the molecule is CC(C)(C)NCCCNC1(C)CCC1. The second kappa shape index (κ2) is 4.63. The van der Waals surface area contributed by atoms with Crippen LogP contribution in [0, 0.1) is 0 Å². The lowest BCUT2D eigenvalue weighted by atomic mass is 9.78. The fourth-order valence-corrected chi connectivity index (χ4v) is 1.83. The third-order valence-electron chi connectivity index (χ3n) is 3.02. The average Bonchev–Trinajstić information content (AvgIpc) is 1.98. The fourth-order valence-electron chi connectivity index (χ4n) is 1.83. The molecule has 2 heteroatoms. The minimum Gasteiger partial charge on any atom is -0.312 e. The van der Waals surface area contributed by atoms with E-state index in [0.29, 0.717) is 5.54 Å². The summed E-state index contributed by atoms with van der Waals surface area (Å²) in [5.74, 6) is 0. The molecule has 0 aliphatic heterocycles. The van der Waals surface area contributed by atoms with Crippen LogP contribution >= 0.6 is 0 Å². The molecule has 0 saturated heterocycles. The lowest BCUT2D eigenvalue weighted by Crippen LogP contribution is -2.49. The second-order valence-corrected chi connectivity index (χ2v) is 5.87. The van der Waals surface area contributed by atoms with Crippen molar-refractivity contribution in [3.05, 3.63) is 0 Å². The Kier molecular flexibility index (Phi) is 3.96. The van der Waals surface area contributed by atoms with Gasteiger partial charge in [-0.1, -0.05) is 0 Å². The number of hydrogen-bond donors (Lipinski definition) is 2. The van der Waals surface area contributed by atoms with E-state index in [-0.39, 0.29) is 5.54 Å². The summed E-state index contributed by atoms with van der Waals surface area (Å²) in [6.45, 7) is 11.3. The van der Waals surface area contributed by atoms with Crippen LogP contribution in [0.1, 0.15) is 53.4 Å². The number of rotatable bonds is 5. The molecule has 0 aromatic carbocycles. The first kappa shape index (κ1) is 12.0. The van der Waals surface area contributed by atoms with E-state index in [1.54, 1.807) is 0 Å². The van der Waals surface area contributed by atoms with Crippen molar-refractivity contribution < 1.29 is 0 Å². The molecule has 0 amide bonds. The van der Waals surface area contributed by atoms with Gasteiger partial charge in [0.2, 0.25) is 0 Å². The van der Waals surface area contributed by atoms with Crippen molar-refractivity contribution >= 4 is 0 Å². The third-order valence-corrected chi connectivity index (χ3v) is 3.02. The van der Waals surface area contributed by atoms with Crippen molar-refractivity contribution in [1.29, 1.82) is 0 Å². The molecule has 0 spiro atoms. The smallest absolute Gasteiger partial charge is 0.0153 e. The normalized spacial score (nSPS) is 20.6. The van der Waals surface area contributed by atoms with Crippen LogP contribution in [0.4, 0.5) is 0 Å². The summed E-state index contributed by atoms with van der Waals surface area (Å²) in [6, 6.07) is 0. The van der Waals surface area contributed by atoms with Crippen LogP contribution in [0.3, 0.4) is 0 Å². The van der Waals surface area contributed by atoms with Gasteiger partial charge in [-0.3, -0.25) is 0 Å². The Hall–Kier alpha value is -0.0800. The van der Waals surface area contributed by atoms with Gasteiger partial charge in [-0.05, 0) is 66.5 Å². The highest BCUT2D eigenvalue weighted by Crippen LogP contribution is 2.30. The van der Waals surface area contributed by atoms with E-state index in [4.69, 9.17) is 0 Å². The van der Waals surface area contributed by atoms with Gasteiger partial charge in [0, 0.05) is 11.1 Å². The Labute approximate surface area is 88.8 Å². The first-order valence-electron chi connectivity index (χ1n) is 5.91. The summed E-state index contributed by atoms with van der Waals surface area (Å²) < 4.78 is 0. The summed E-state index contributed by atoms with van der Waals surface area (Å²) in [4.78, 5) is 0. The molecular formula is C12H26N2. The first-order valence-corrected chi connectivity index (χ1v) is 5.91. The van der Waals surface area contributed by atoms with Gasteiger partial charge >= 0.3 is 0 Å². The van der Waals surface area contributed by atoms with E-state index < -0.39 is 0 Å². The van der Waals surface area contributed by atoms with Gasteiger partial charge in [-0.15, -0.1) is 0 Å². The van der Waals surface area contributed by atoms with Gasteiger partial charge in [0.1, 0.15) is 0 Å². The van der Waals surface area contributed by atoms with Gasteiger partial charge in [-0.25, -0.2) is 0 Å². The molecule has 1 aliphatic rings. The van der Waals surface area contributed by atoms with Crippen LogP contribution in [0.5, 0.6) is 0 Å². The number of nitrogens with one attached hydrogen (secondary N) is 2. The highest BCUT2D eigenvalue weighted by molar-refractivity contribution is 4.91. The molecule has 0 aromatic heterocycles. The van der Waals surface area contributed by atoms with Gasteiger partial charge in [0.25, 0.3) is 0 Å². The largest absolute Gasteiger partial charge is 0.312 e. The molecule has 0 aromatic rings. The molecule has 1 aliphatic carbocycles. The lowest BCUT2D eigenvalue weighted by molar-refractivity contribution is 0.208. The minimum absolute atomic E-state index is 0.264. The van der Waals surface area contributed by atoms with Gasteiger partial charge in [-0.2, -0.15) is 0 Å². The first-order chi connectivity index (χ1) is 6.41. The predicted octanol–water partition coefficient (Wildman–Crippen LogP) is 2.30. The third kappa shape index (κ3) is 4.43. The second-order valence-electron chi connectivity index (χ2n) is 5.87. The quantitative estimate of drug-likeness (QED) is 0.662. The zero-order chi connectivity index (χ0) is 10.7. The molecule has 0 radical (unpaired) electrons. The molecule has 1 fully saturated rings. The number of hydrogen-bond acceptors (Lipinski definition) is 2. The summed E-state index contributed by atoms with van der Waals surface area (Å²) in [5, 5.41) is 7.15. The Bertz CT molecular complexity index is 166. The van der Waals surface area contributed by atoms with Crippen molar-refractivity contribution in [1.82, 2.24) is 10.6 Å². The monoisotopic (exact) mass is 198 g/mol. The van der Waals surface area contributed by atoms with Crippen LogP contribution in [0.25, 0.3) is 0 Å². The summed E-state index contributed by atoms with van der Waals surface area (Å²) in [5.41, 5.74) is 0.738. The predicted molar refractivity (Wildman–Crippen MR) is 62.6 cm³/mol. The molecule has 0 heterocycles. The zero-order valence-electron chi connectivity index (χ0n) is 10.2. The Morgan fingerprint density at radius 1 is 1.14 bits per heavy atom. The Morgan fingerprint density at radius 3 is 2.21 bits per heavy atom. The van der Waals surface area contributed by atoms with Crippen molar-refractivity contribution in [3.8, 4) is 0 Å². The Balaban J connectivity index is 1.94. The summed E-state index contributed by atoms with van der Waals surface area (Å²) in [7, 11) is 0. The molecule has 0 unspecified atom stereocenters. The Morgan fingerprint density at radius 2 is 1.79 bits per heavy atom. The van der Waals surface area contributed by atoms with Crippen LogP contribution in [-0.4, -0.2) is 24.2 Å². The van der Waals surface area contributed by atoms with Gasteiger partial charge in [0.05, 0.1) is 0 Å². The highest BCUT2D eigenvalue weighted by atomic mass is 15.0. The fraction of sp³-hybridized carbons (Fsp3) is 1.00. The lowest BCUT2D eigenvalue weighted by Gasteiger charge is -2.39. The standard InChI is InChI=1S/C12H26N2/c1-11(2,3)13-9-6-10-14-12(4)7-5-8-12/h13-14H,5-10H2,1-4H3. The molecule has 14 heavy (non-hydrogen) atoms. The molecule has 2 N–H and O–H groups in total. The molecule has 1 rings (SSSR count).